The van der Waals surface area contributed by atoms with Crippen LogP contribution in [-0.2, 0) is 0 Å². The molecule has 1 aliphatic heterocycles. The number of hydrogen-bond acceptors (Lipinski definition) is 4. The monoisotopic (exact) mass is 211 g/mol. The van der Waals surface area contributed by atoms with Crippen LogP contribution in [0.15, 0.2) is 23.2 Å². The number of nitrogens with one attached hydrogen (secondary N) is 1. The number of nitro benzene ring substituents is 1. The van der Waals surface area contributed by atoms with Gasteiger partial charge in [0, 0.05) is 23.4 Å². The Labute approximate surface area is 84.6 Å². The molecule has 5 nitrogen and oxygen atoms in total. The number of nitrogens with zero attached hydrogens (tertiary/aromatic N) is 2. The predicted molar refractivity (Wildman–Crippen MR) is 54.0 cm³/mol. The van der Waals surface area contributed by atoms with Gasteiger partial charge >= 0.3 is 0 Å². The molecular weight excluding hydrogens is 206 g/mol. The summed E-state index contributed by atoms with van der Waals surface area (Å²) in [7, 11) is 0. The van der Waals surface area contributed by atoms with E-state index in [-0.39, 0.29) is 5.69 Å². The number of non-ortho nitro benzene ring substituents is 1. The van der Waals surface area contributed by atoms with E-state index in [4.69, 9.17) is 11.6 Å². The highest BCUT2D eigenvalue weighted by atomic mass is 35.5. The molecular formula is C8H6ClN3O2. The zero-order valence-electron chi connectivity index (χ0n) is 7.03. The molecule has 6 heteroatoms. The van der Waals surface area contributed by atoms with E-state index in [0.717, 1.165) is 5.69 Å². The maximum atomic E-state index is 10.5. The minimum atomic E-state index is -0.459. The Balaban J connectivity index is 2.53. The molecule has 0 bridgehead atoms. The van der Waals surface area contributed by atoms with Gasteiger partial charge in [-0.1, -0.05) is 11.6 Å². The number of aliphatic imine (C=N–C) groups is 1. The maximum Gasteiger partial charge on any atom is 0.270 e. The fraction of sp³-hybridized carbons (Fsp3) is 0.125. The normalized spacial score (nSPS) is 13.9. The third-order valence-corrected chi connectivity index (χ3v) is 2.25. The van der Waals surface area contributed by atoms with Gasteiger partial charge in [-0.3, -0.25) is 15.1 Å². The fourth-order valence-corrected chi connectivity index (χ4v) is 1.47. The molecule has 0 atom stereocenters. The van der Waals surface area contributed by atoms with E-state index in [2.05, 4.69) is 10.3 Å². The standard InChI is InChI=1S/C8H6ClN3O2/c9-8-6-3-5(12(13)14)1-2-7(6)10-4-11-8/h1-3,10H,4H2. The van der Waals surface area contributed by atoms with Crippen LogP contribution in [0.5, 0.6) is 0 Å². The Hall–Kier alpha value is -1.62. The molecule has 2 rings (SSSR count). The van der Waals surface area contributed by atoms with Crippen LogP contribution in [0, 0.1) is 10.1 Å². The molecule has 0 radical (unpaired) electrons. The number of fused-ring (bicyclic) bond motifs is 1. The number of rotatable bonds is 1. The van der Waals surface area contributed by atoms with Crippen molar-refractivity contribution in [1.82, 2.24) is 0 Å². The van der Waals surface area contributed by atoms with Gasteiger partial charge in [0.05, 0.1) is 4.92 Å². The van der Waals surface area contributed by atoms with Crippen LogP contribution in [0.3, 0.4) is 0 Å². The third kappa shape index (κ3) is 1.42. The molecule has 1 heterocycles. The van der Waals surface area contributed by atoms with Crippen LogP contribution in [0.2, 0.25) is 0 Å². The van der Waals surface area contributed by atoms with Gasteiger partial charge in [0.2, 0.25) is 0 Å². The van der Waals surface area contributed by atoms with Crippen molar-refractivity contribution < 1.29 is 4.92 Å². The fourth-order valence-electron chi connectivity index (χ4n) is 1.25. The van der Waals surface area contributed by atoms with Crippen molar-refractivity contribution in [3.63, 3.8) is 0 Å². The first kappa shape index (κ1) is 8.96. The Morgan fingerprint density at radius 2 is 2.36 bits per heavy atom. The summed E-state index contributed by atoms with van der Waals surface area (Å²) < 4.78 is 0. The van der Waals surface area contributed by atoms with Crippen LogP contribution in [0.1, 0.15) is 5.56 Å². The van der Waals surface area contributed by atoms with E-state index in [9.17, 15) is 10.1 Å². The summed E-state index contributed by atoms with van der Waals surface area (Å²) >= 11 is 5.81. The molecule has 0 spiro atoms. The minimum absolute atomic E-state index is 0.0146. The van der Waals surface area contributed by atoms with E-state index in [0.29, 0.717) is 17.4 Å². The van der Waals surface area contributed by atoms with E-state index in [1.54, 1.807) is 6.07 Å². The highest BCUT2D eigenvalue weighted by Crippen LogP contribution is 2.26. The first-order valence-corrected chi connectivity index (χ1v) is 4.29. The van der Waals surface area contributed by atoms with E-state index in [1.165, 1.54) is 12.1 Å². The van der Waals surface area contributed by atoms with Crippen molar-refractivity contribution in [2.75, 3.05) is 12.0 Å². The van der Waals surface area contributed by atoms with Gasteiger partial charge in [0.15, 0.2) is 0 Å². The molecule has 0 unspecified atom stereocenters. The lowest BCUT2D eigenvalue weighted by atomic mass is 10.1. The lowest BCUT2D eigenvalue weighted by Gasteiger charge is -2.13. The molecule has 0 amide bonds. The molecule has 1 aliphatic rings. The molecule has 72 valence electrons. The Kier molecular flexibility index (Phi) is 2.09. The molecule has 0 aliphatic carbocycles. The molecule has 0 aromatic heterocycles. The average molecular weight is 212 g/mol. The Morgan fingerprint density at radius 3 is 3.07 bits per heavy atom. The number of anilines is 1. The number of halogens is 1. The van der Waals surface area contributed by atoms with Crippen LogP contribution in [0.4, 0.5) is 11.4 Å². The van der Waals surface area contributed by atoms with Gasteiger partial charge in [0.1, 0.15) is 11.8 Å². The van der Waals surface area contributed by atoms with Gasteiger partial charge in [0.25, 0.3) is 5.69 Å². The van der Waals surface area contributed by atoms with Gasteiger partial charge in [-0.25, -0.2) is 0 Å². The van der Waals surface area contributed by atoms with Crippen LogP contribution in [-0.4, -0.2) is 16.8 Å². The number of benzene rings is 1. The molecule has 0 saturated heterocycles. The van der Waals surface area contributed by atoms with Crippen LogP contribution >= 0.6 is 11.6 Å². The topological polar surface area (TPSA) is 67.5 Å². The second-order valence-corrected chi connectivity index (χ2v) is 3.13. The molecule has 0 fully saturated rings. The Bertz CT molecular complexity index is 431. The zero-order valence-corrected chi connectivity index (χ0v) is 7.78. The summed E-state index contributed by atoms with van der Waals surface area (Å²) in [6, 6.07) is 4.47. The quantitative estimate of drug-likeness (QED) is 0.570. The van der Waals surface area contributed by atoms with Gasteiger partial charge in [-0.15, -0.1) is 0 Å². The summed E-state index contributed by atoms with van der Waals surface area (Å²) in [5.41, 5.74) is 1.36. The van der Waals surface area contributed by atoms with Crippen molar-refractivity contribution in [2.45, 2.75) is 0 Å². The van der Waals surface area contributed by atoms with Gasteiger partial charge in [-0.2, -0.15) is 0 Å². The smallest absolute Gasteiger partial charge is 0.270 e. The highest BCUT2D eigenvalue weighted by Gasteiger charge is 2.15. The van der Waals surface area contributed by atoms with Crippen LogP contribution in [0.25, 0.3) is 0 Å². The summed E-state index contributed by atoms with van der Waals surface area (Å²) in [5, 5.41) is 13.8. The second kappa shape index (κ2) is 3.26. The van der Waals surface area contributed by atoms with E-state index < -0.39 is 4.92 Å². The van der Waals surface area contributed by atoms with Crippen molar-refractivity contribution in [2.24, 2.45) is 4.99 Å². The molecule has 1 aromatic carbocycles. The molecule has 0 saturated carbocycles. The van der Waals surface area contributed by atoms with Gasteiger partial charge in [-0.05, 0) is 6.07 Å². The second-order valence-electron chi connectivity index (χ2n) is 2.77. The largest absolute Gasteiger partial charge is 0.366 e. The Morgan fingerprint density at radius 1 is 1.57 bits per heavy atom. The SMILES string of the molecule is O=[N+]([O-])c1ccc2c(c1)C(Cl)=NCN2. The van der Waals surface area contributed by atoms with Crippen molar-refractivity contribution in [3.05, 3.63) is 33.9 Å². The lowest BCUT2D eigenvalue weighted by Crippen LogP contribution is -2.11. The first-order chi connectivity index (χ1) is 6.68. The average Bonchev–Trinajstić information content (AvgIpc) is 2.18. The summed E-state index contributed by atoms with van der Waals surface area (Å²) in [5.74, 6) is 0. The highest BCUT2D eigenvalue weighted by molar-refractivity contribution is 6.70. The van der Waals surface area contributed by atoms with Gasteiger partial charge < -0.3 is 5.32 Å². The number of nitro groups is 1. The van der Waals surface area contributed by atoms with Crippen LogP contribution < -0.4 is 5.32 Å². The lowest BCUT2D eigenvalue weighted by molar-refractivity contribution is -0.384. The predicted octanol–water partition coefficient (Wildman–Crippen LogP) is 1.96. The summed E-state index contributed by atoms with van der Waals surface area (Å²) in [6.07, 6.45) is 0. The third-order valence-electron chi connectivity index (χ3n) is 1.92. The zero-order chi connectivity index (χ0) is 10.1. The molecule has 1 aromatic rings. The minimum Gasteiger partial charge on any atom is -0.366 e. The molecule has 1 N–H and O–H groups in total. The van der Waals surface area contributed by atoms with Crippen molar-refractivity contribution in [3.8, 4) is 0 Å². The van der Waals surface area contributed by atoms with E-state index in [1.807, 2.05) is 0 Å². The maximum absolute atomic E-state index is 10.5. The first-order valence-electron chi connectivity index (χ1n) is 3.91. The summed E-state index contributed by atoms with van der Waals surface area (Å²) in [4.78, 5) is 14.0. The summed E-state index contributed by atoms with van der Waals surface area (Å²) in [6.45, 7) is 0.406. The molecule has 14 heavy (non-hydrogen) atoms. The van der Waals surface area contributed by atoms with Crippen molar-refractivity contribution >= 4 is 28.1 Å². The van der Waals surface area contributed by atoms with E-state index >= 15 is 0 Å². The van der Waals surface area contributed by atoms with Crippen molar-refractivity contribution in [1.29, 1.82) is 0 Å². The number of hydrogen-bond donors (Lipinski definition) is 1.